The van der Waals surface area contributed by atoms with Crippen LogP contribution in [-0.2, 0) is 13.1 Å². The number of hydrogen-bond donors (Lipinski definition) is 1. The van der Waals surface area contributed by atoms with Crippen molar-refractivity contribution in [3.8, 4) is 0 Å². The van der Waals surface area contributed by atoms with Gasteiger partial charge in [-0.3, -0.25) is 4.90 Å². The zero-order chi connectivity index (χ0) is 16.5. The van der Waals surface area contributed by atoms with Gasteiger partial charge in [0.15, 0.2) is 0 Å². The molecule has 2 nitrogen and oxygen atoms in total. The quantitative estimate of drug-likeness (QED) is 0.742. The van der Waals surface area contributed by atoms with E-state index in [4.69, 9.17) is 0 Å². The summed E-state index contributed by atoms with van der Waals surface area (Å²) in [6.45, 7) is 11.0. The average molecular weight is 310 g/mol. The maximum atomic E-state index is 3.48. The van der Waals surface area contributed by atoms with Gasteiger partial charge in [0.1, 0.15) is 0 Å². The molecule has 2 rings (SSSR count). The van der Waals surface area contributed by atoms with Crippen LogP contribution in [0.3, 0.4) is 0 Å². The molecule has 2 aromatic rings. The zero-order valence-corrected chi connectivity index (χ0v) is 14.7. The molecule has 1 N–H and O–H groups in total. The van der Waals surface area contributed by atoms with Gasteiger partial charge in [-0.2, -0.15) is 0 Å². The molecular weight excluding hydrogens is 280 g/mol. The SMILES string of the molecule is CCNCC(C)C(C)N(Cc1ccccc1)Cc1ccccc1. The highest BCUT2D eigenvalue weighted by atomic mass is 15.2. The maximum absolute atomic E-state index is 3.48. The Bertz CT molecular complexity index is 497. The van der Waals surface area contributed by atoms with E-state index in [1.54, 1.807) is 0 Å². The molecule has 0 bridgehead atoms. The van der Waals surface area contributed by atoms with Gasteiger partial charge >= 0.3 is 0 Å². The first kappa shape index (κ1) is 17.7. The lowest BCUT2D eigenvalue weighted by Crippen LogP contribution is -2.40. The summed E-state index contributed by atoms with van der Waals surface area (Å²) in [5, 5.41) is 3.48. The van der Waals surface area contributed by atoms with Gasteiger partial charge in [-0.05, 0) is 37.1 Å². The van der Waals surface area contributed by atoms with Crippen molar-refractivity contribution in [2.75, 3.05) is 13.1 Å². The Morgan fingerprint density at radius 2 is 1.30 bits per heavy atom. The second-order valence-corrected chi connectivity index (χ2v) is 6.40. The van der Waals surface area contributed by atoms with Crippen LogP contribution in [0.2, 0.25) is 0 Å². The molecule has 0 saturated heterocycles. The summed E-state index contributed by atoms with van der Waals surface area (Å²) >= 11 is 0. The van der Waals surface area contributed by atoms with Crippen LogP contribution >= 0.6 is 0 Å². The molecule has 0 radical (unpaired) electrons. The first-order chi connectivity index (χ1) is 11.2. The minimum atomic E-state index is 0.523. The predicted octanol–water partition coefficient (Wildman–Crippen LogP) is 4.32. The molecule has 0 spiro atoms. The lowest BCUT2D eigenvalue weighted by atomic mass is 10.00. The summed E-state index contributed by atoms with van der Waals surface area (Å²) in [5.41, 5.74) is 2.76. The molecule has 0 aromatic heterocycles. The van der Waals surface area contributed by atoms with E-state index in [2.05, 4.69) is 91.7 Å². The van der Waals surface area contributed by atoms with E-state index in [1.165, 1.54) is 11.1 Å². The van der Waals surface area contributed by atoms with Gasteiger partial charge < -0.3 is 5.32 Å². The summed E-state index contributed by atoms with van der Waals surface area (Å²) < 4.78 is 0. The Kier molecular flexibility index (Phi) is 7.31. The van der Waals surface area contributed by atoms with Crippen molar-refractivity contribution in [2.45, 2.75) is 39.9 Å². The minimum Gasteiger partial charge on any atom is -0.317 e. The highest BCUT2D eigenvalue weighted by Gasteiger charge is 2.20. The molecule has 0 aliphatic carbocycles. The first-order valence-corrected chi connectivity index (χ1v) is 8.73. The van der Waals surface area contributed by atoms with Gasteiger partial charge in [0.2, 0.25) is 0 Å². The molecule has 2 heteroatoms. The predicted molar refractivity (Wildman–Crippen MR) is 99.3 cm³/mol. The number of nitrogens with one attached hydrogen (secondary N) is 1. The van der Waals surface area contributed by atoms with Crippen molar-refractivity contribution in [2.24, 2.45) is 5.92 Å². The van der Waals surface area contributed by atoms with Crippen LogP contribution in [0.25, 0.3) is 0 Å². The molecule has 0 amide bonds. The summed E-state index contributed by atoms with van der Waals surface area (Å²) in [6.07, 6.45) is 0. The fourth-order valence-corrected chi connectivity index (χ4v) is 2.88. The molecule has 23 heavy (non-hydrogen) atoms. The van der Waals surface area contributed by atoms with Crippen molar-refractivity contribution >= 4 is 0 Å². The Labute approximate surface area is 141 Å². The van der Waals surface area contributed by atoms with Crippen LogP contribution in [0.15, 0.2) is 60.7 Å². The van der Waals surface area contributed by atoms with E-state index in [0.717, 1.165) is 26.2 Å². The third-order valence-corrected chi connectivity index (χ3v) is 4.57. The fourth-order valence-electron chi connectivity index (χ4n) is 2.88. The molecular formula is C21H30N2. The van der Waals surface area contributed by atoms with E-state index in [9.17, 15) is 0 Å². The van der Waals surface area contributed by atoms with Crippen LogP contribution in [0, 0.1) is 5.92 Å². The monoisotopic (exact) mass is 310 g/mol. The average Bonchev–Trinajstić information content (AvgIpc) is 2.60. The number of benzene rings is 2. The van der Waals surface area contributed by atoms with Crippen LogP contribution in [0.5, 0.6) is 0 Å². The number of rotatable bonds is 9. The Morgan fingerprint density at radius 3 is 1.74 bits per heavy atom. The van der Waals surface area contributed by atoms with Gasteiger partial charge in [-0.1, -0.05) is 74.5 Å². The van der Waals surface area contributed by atoms with Crippen LogP contribution in [-0.4, -0.2) is 24.0 Å². The third-order valence-electron chi connectivity index (χ3n) is 4.57. The summed E-state index contributed by atoms with van der Waals surface area (Å²) in [6, 6.07) is 22.1. The fraction of sp³-hybridized carbons (Fsp3) is 0.429. The molecule has 2 aromatic carbocycles. The zero-order valence-electron chi connectivity index (χ0n) is 14.7. The minimum absolute atomic E-state index is 0.523. The first-order valence-electron chi connectivity index (χ1n) is 8.73. The molecule has 0 saturated carbocycles. The lowest BCUT2D eigenvalue weighted by molar-refractivity contribution is 0.143. The molecule has 2 atom stereocenters. The smallest absolute Gasteiger partial charge is 0.0240 e. The van der Waals surface area contributed by atoms with Crippen molar-refractivity contribution in [1.29, 1.82) is 0 Å². The summed E-state index contributed by atoms with van der Waals surface area (Å²) in [5.74, 6) is 0.613. The number of nitrogens with zero attached hydrogens (tertiary/aromatic N) is 1. The normalized spacial score (nSPS) is 13.9. The van der Waals surface area contributed by atoms with E-state index >= 15 is 0 Å². The van der Waals surface area contributed by atoms with Crippen molar-refractivity contribution in [3.05, 3.63) is 71.8 Å². The van der Waals surface area contributed by atoms with Gasteiger partial charge in [-0.25, -0.2) is 0 Å². The highest BCUT2D eigenvalue weighted by molar-refractivity contribution is 5.17. The van der Waals surface area contributed by atoms with Gasteiger partial charge in [0.25, 0.3) is 0 Å². The van der Waals surface area contributed by atoms with Gasteiger partial charge in [-0.15, -0.1) is 0 Å². The number of hydrogen-bond acceptors (Lipinski definition) is 2. The van der Waals surface area contributed by atoms with Gasteiger partial charge in [0, 0.05) is 19.1 Å². The maximum Gasteiger partial charge on any atom is 0.0240 e. The second kappa shape index (κ2) is 9.49. The van der Waals surface area contributed by atoms with E-state index < -0.39 is 0 Å². The Hall–Kier alpha value is -1.64. The topological polar surface area (TPSA) is 15.3 Å². The standard InChI is InChI=1S/C21H30N2/c1-4-22-15-18(2)19(3)23(16-20-11-7-5-8-12-20)17-21-13-9-6-10-14-21/h5-14,18-19,22H,4,15-17H2,1-3H3. The van der Waals surface area contributed by atoms with Crippen molar-refractivity contribution in [3.63, 3.8) is 0 Å². The molecule has 0 fully saturated rings. The second-order valence-electron chi connectivity index (χ2n) is 6.40. The molecule has 0 aliphatic rings. The largest absolute Gasteiger partial charge is 0.317 e. The summed E-state index contributed by atoms with van der Waals surface area (Å²) in [7, 11) is 0. The molecule has 0 heterocycles. The highest BCUT2D eigenvalue weighted by Crippen LogP contribution is 2.18. The Morgan fingerprint density at radius 1 is 0.826 bits per heavy atom. The Balaban J connectivity index is 2.09. The van der Waals surface area contributed by atoms with Crippen LogP contribution in [0.1, 0.15) is 31.9 Å². The molecule has 124 valence electrons. The lowest BCUT2D eigenvalue weighted by Gasteiger charge is -2.33. The third kappa shape index (κ3) is 5.81. The van der Waals surface area contributed by atoms with Gasteiger partial charge in [0.05, 0.1) is 0 Å². The van der Waals surface area contributed by atoms with E-state index in [-0.39, 0.29) is 0 Å². The summed E-state index contributed by atoms with van der Waals surface area (Å²) in [4.78, 5) is 2.59. The van der Waals surface area contributed by atoms with E-state index in [0.29, 0.717) is 12.0 Å². The van der Waals surface area contributed by atoms with Crippen LogP contribution in [0.4, 0.5) is 0 Å². The van der Waals surface area contributed by atoms with Crippen molar-refractivity contribution in [1.82, 2.24) is 10.2 Å². The molecule has 2 unspecified atom stereocenters. The van der Waals surface area contributed by atoms with E-state index in [1.807, 2.05) is 0 Å². The molecule has 0 aliphatic heterocycles. The van der Waals surface area contributed by atoms with Crippen molar-refractivity contribution < 1.29 is 0 Å². The van der Waals surface area contributed by atoms with Crippen LogP contribution < -0.4 is 5.32 Å².